The Hall–Kier alpha value is -2.47. The minimum atomic E-state index is -1.000. The van der Waals surface area contributed by atoms with Crippen LogP contribution in [0.15, 0.2) is 42.7 Å². The maximum Gasteiger partial charge on any atom is 0.355 e. The van der Waals surface area contributed by atoms with Gasteiger partial charge in [-0.3, -0.25) is 0 Å². The standard InChI is InChI=1S/C14H11N3O2S/c1-9-12(14(18)19)16-13(20-9)10-7-15-17(8-10)11-5-3-2-4-6-11/h2-8H,1H3,(H,18,19). The average molecular weight is 285 g/mol. The molecule has 0 saturated heterocycles. The largest absolute Gasteiger partial charge is 0.476 e. The maximum atomic E-state index is 11.0. The van der Waals surface area contributed by atoms with E-state index in [-0.39, 0.29) is 5.69 Å². The molecule has 0 aliphatic heterocycles. The number of carbonyl (C=O) groups is 1. The number of carboxylic acids is 1. The Morgan fingerprint density at radius 1 is 1.30 bits per heavy atom. The summed E-state index contributed by atoms with van der Waals surface area (Å²) in [4.78, 5) is 15.9. The summed E-state index contributed by atoms with van der Waals surface area (Å²) < 4.78 is 1.74. The zero-order valence-electron chi connectivity index (χ0n) is 10.6. The molecule has 3 rings (SSSR count). The van der Waals surface area contributed by atoms with Gasteiger partial charge in [0.2, 0.25) is 0 Å². The lowest BCUT2D eigenvalue weighted by Crippen LogP contribution is -1.98. The van der Waals surface area contributed by atoms with Crippen molar-refractivity contribution >= 4 is 17.3 Å². The van der Waals surface area contributed by atoms with Crippen LogP contribution in [0.2, 0.25) is 0 Å². The van der Waals surface area contributed by atoms with E-state index in [1.807, 2.05) is 36.5 Å². The summed E-state index contributed by atoms with van der Waals surface area (Å²) in [6.07, 6.45) is 3.54. The summed E-state index contributed by atoms with van der Waals surface area (Å²) >= 11 is 1.36. The SMILES string of the molecule is Cc1sc(-c2cnn(-c3ccccc3)c2)nc1C(=O)O. The van der Waals surface area contributed by atoms with Gasteiger partial charge in [-0.25, -0.2) is 14.5 Å². The van der Waals surface area contributed by atoms with Crippen LogP contribution in [0, 0.1) is 6.92 Å². The van der Waals surface area contributed by atoms with E-state index in [0.717, 1.165) is 11.3 Å². The normalized spacial score (nSPS) is 10.7. The molecule has 20 heavy (non-hydrogen) atoms. The van der Waals surface area contributed by atoms with Crippen LogP contribution in [0.4, 0.5) is 0 Å². The van der Waals surface area contributed by atoms with Crippen molar-refractivity contribution in [2.45, 2.75) is 6.92 Å². The molecule has 2 aromatic heterocycles. The summed E-state index contributed by atoms with van der Waals surface area (Å²) in [5.41, 5.74) is 1.87. The minimum Gasteiger partial charge on any atom is -0.476 e. The Labute approximate surface area is 119 Å². The molecule has 0 amide bonds. The van der Waals surface area contributed by atoms with E-state index < -0.39 is 5.97 Å². The molecule has 6 heteroatoms. The van der Waals surface area contributed by atoms with E-state index in [1.165, 1.54) is 11.3 Å². The molecular weight excluding hydrogens is 274 g/mol. The van der Waals surface area contributed by atoms with E-state index in [4.69, 9.17) is 5.11 Å². The number of hydrogen-bond acceptors (Lipinski definition) is 4. The van der Waals surface area contributed by atoms with Crippen LogP contribution < -0.4 is 0 Å². The molecule has 0 fully saturated rings. The number of benzene rings is 1. The summed E-state index contributed by atoms with van der Waals surface area (Å²) in [6.45, 7) is 1.76. The molecule has 0 aliphatic rings. The van der Waals surface area contributed by atoms with Gasteiger partial charge in [0.25, 0.3) is 0 Å². The maximum absolute atomic E-state index is 11.0. The zero-order chi connectivity index (χ0) is 14.1. The van der Waals surface area contributed by atoms with Crippen LogP contribution in [-0.2, 0) is 0 Å². The molecule has 1 aromatic carbocycles. The molecule has 0 radical (unpaired) electrons. The smallest absolute Gasteiger partial charge is 0.355 e. The first-order valence-electron chi connectivity index (χ1n) is 5.96. The monoisotopic (exact) mass is 285 g/mol. The summed E-state index contributed by atoms with van der Waals surface area (Å²) in [5, 5.41) is 14.0. The van der Waals surface area contributed by atoms with Crippen molar-refractivity contribution in [3.05, 3.63) is 53.3 Å². The highest BCUT2D eigenvalue weighted by Gasteiger charge is 2.16. The fourth-order valence-electron chi connectivity index (χ4n) is 1.87. The van der Waals surface area contributed by atoms with Gasteiger partial charge in [0.05, 0.1) is 11.9 Å². The third-order valence-corrected chi connectivity index (χ3v) is 3.87. The van der Waals surface area contributed by atoms with Crippen molar-refractivity contribution in [3.63, 3.8) is 0 Å². The number of nitrogens with zero attached hydrogens (tertiary/aromatic N) is 3. The summed E-state index contributed by atoms with van der Waals surface area (Å²) in [5.74, 6) is -1.000. The van der Waals surface area contributed by atoms with E-state index in [1.54, 1.807) is 17.8 Å². The molecule has 0 bridgehead atoms. The van der Waals surface area contributed by atoms with E-state index >= 15 is 0 Å². The topological polar surface area (TPSA) is 68.0 Å². The minimum absolute atomic E-state index is 0.109. The van der Waals surface area contributed by atoms with Gasteiger partial charge < -0.3 is 5.11 Å². The highest BCUT2D eigenvalue weighted by molar-refractivity contribution is 7.15. The zero-order valence-corrected chi connectivity index (χ0v) is 11.5. The highest BCUT2D eigenvalue weighted by Crippen LogP contribution is 2.27. The quantitative estimate of drug-likeness (QED) is 0.803. The molecule has 0 spiro atoms. The lowest BCUT2D eigenvalue weighted by Gasteiger charge is -1.98. The third-order valence-electron chi connectivity index (χ3n) is 2.85. The van der Waals surface area contributed by atoms with Gasteiger partial charge in [-0.05, 0) is 19.1 Å². The van der Waals surface area contributed by atoms with Gasteiger partial charge in [-0.1, -0.05) is 18.2 Å². The predicted molar refractivity (Wildman–Crippen MR) is 76.4 cm³/mol. The molecule has 0 unspecified atom stereocenters. The van der Waals surface area contributed by atoms with Crippen molar-refractivity contribution in [2.24, 2.45) is 0 Å². The van der Waals surface area contributed by atoms with Crippen molar-refractivity contribution in [3.8, 4) is 16.3 Å². The van der Waals surface area contributed by atoms with Crippen LogP contribution in [0.25, 0.3) is 16.3 Å². The van der Waals surface area contributed by atoms with Gasteiger partial charge in [-0.15, -0.1) is 11.3 Å². The first kappa shape index (κ1) is 12.6. The number of aromatic nitrogens is 3. The molecule has 2 heterocycles. The van der Waals surface area contributed by atoms with Crippen LogP contribution in [-0.4, -0.2) is 25.8 Å². The summed E-state index contributed by atoms with van der Waals surface area (Å²) in [6, 6.07) is 9.72. The van der Waals surface area contributed by atoms with Gasteiger partial charge in [-0.2, -0.15) is 5.10 Å². The Balaban J connectivity index is 1.98. The second-order valence-corrected chi connectivity index (χ2v) is 5.44. The Morgan fingerprint density at radius 3 is 2.70 bits per heavy atom. The van der Waals surface area contributed by atoms with Crippen LogP contribution in [0.1, 0.15) is 15.4 Å². The predicted octanol–water partition coefficient (Wildman–Crippen LogP) is 3.00. The number of thiazole rings is 1. The molecular formula is C14H11N3O2S. The molecule has 0 atom stereocenters. The Morgan fingerprint density at radius 2 is 2.05 bits per heavy atom. The fraction of sp³-hybridized carbons (Fsp3) is 0.0714. The third kappa shape index (κ3) is 2.21. The van der Waals surface area contributed by atoms with Crippen molar-refractivity contribution < 1.29 is 9.90 Å². The molecule has 1 N–H and O–H groups in total. The lowest BCUT2D eigenvalue weighted by atomic mass is 10.3. The van der Waals surface area contributed by atoms with Gasteiger partial charge in [0, 0.05) is 16.6 Å². The number of rotatable bonds is 3. The molecule has 0 aliphatic carbocycles. The van der Waals surface area contributed by atoms with Crippen LogP contribution in [0.3, 0.4) is 0 Å². The van der Waals surface area contributed by atoms with Crippen molar-refractivity contribution in [1.29, 1.82) is 0 Å². The van der Waals surface area contributed by atoms with Crippen LogP contribution in [0.5, 0.6) is 0 Å². The number of carboxylic acid groups (broad SMARTS) is 1. The van der Waals surface area contributed by atoms with Gasteiger partial charge >= 0.3 is 5.97 Å². The first-order valence-corrected chi connectivity index (χ1v) is 6.78. The molecule has 5 nitrogen and oxygen atoms in total. The van der Waals surface area contributed by atoms with E-state index in [9.17, 15) is 4.79 Å². The number of hydrogen-bond donors (Lipinski definition) is 1. The summed E-state index contributed by atoms with van der Waals surface area (Å²) in [7, 11) is 0. The molecule has 0 saturated carbocycles. The van der Waals surface area contributed by atoms with E-state index in [2.05, 4.69) is 10.1 Å². The fourth-order valence-corrected chi connectivity index (χ4v) is 2.75. The lowest BCUT2D eigenvalue weighted by molar-refractivity contribution is 0.0690. The number of aromatic carboxylic acids is 1. The molecule has 3 aromatic rings. The Bertz CT molecular complexity index is 762. The van der Waals surface area contributed by atoms with E-state index in [0.29, 0.717) is 9.88 Å². The average Bonchev–Trinajstić information content (AvgIpc) is 3.06. The first-order chi connectivity index (χ1) is 9.65. The van der Waals surface area contributed by atoms with Gasteiger partial charge in [0.15, 0.2) is 5.69 Å². The number of para-hydroxylation sites is 1. The number of aryl methyl sites for hydroxylation is 1. The second-order valence-electron chi connectivity index (χ2n) is 4.24. The van der Waals surface area contributed by atoms with Crippen molar-refractivity contribution in [1.82, 2.24) is 14.8 Å². The Kier molecular flexibility index (Phi) is 3.08. The highest BCUT2D eigenvalue weighted by atomic mass is 32.1. The molecule has 100 valence electrons. The van der Waals surface area contributed by atoms with Crippen LogP contribution >= 0.6 is 11.3 Å². The second kappa shape index (κ2) is 4.90. The van der Waals surface area contributed by atoms with Gasteiger partial charge in [0.1, 0.15) is 5.01 Å². The van der Waals surface area contributed by atoms with Crippen molar-refractivity contribution in [2.75, 3.05) is 0 Å².